The summed E-state index contributed by atoms with van der Waals surface area (Å²) in [6.45, 7) is 8.27. The first-order valence-corrected chi connectivity index (χ1v) is 5.44. The molecule has 0 radical (unpaired) electrons. The van der Waals surface area contributed by atoms with E-state index in [1.807, 2.05) is 32.2 Å². The Kier molecular flexibility index (Phi) is 4.23. The molecule has 0 fully saturated rings. The first-order valence-electron chi connectivity index (χ1n) is 5.44. The molecule has 0 atom stereocenters. The maximum absolute atomic E-state index is 5.63. The number of pyridine rings is 1. The summed E-state index contributed by atoms with van der Waals surface area (Å²) in [5.41, 5.74) is 8.64. The van der Waals surface area contributed by atoms with Crippen LogP contribution in [0.5, 0.6) is 0 Å². The van der Waals surface area contributed by atoms with Gasteiger partial charge in [-0.1, -0.05) is 19.9 Å². The zero-order valence-electron chi connectivity index (χ0n) is 10.4. The van der Waals surface area contributed by atoms with Crippen molar-refractivity contribution >= 4 is 17.1 Å². The van der Waals surface area contributed by atoms with Gasteiger partial charge in [0.2, 0.25) is 0 Å². The number of hydrogen-bond donors (Lipinski definition) is 1. The molecular weight excluding hydrogens is 198 g/mol. The normalized spacial score (nSPS) is 13.3. The number of nitrogens with two attached hydrogens (primary N) is 1. The van der Waals surface area contributed by atoms with Crippen LogP contribution in [0.2, 0.25) is 0 Å². The molecule has 0 aliphatic carbocycles. The number of aliphatic imine (C=N–C) groups is 1. The molecule has 0 aliphatic heterocycles. The minimum atomic E-state index is 0.470. The zero-order chi connectivity index (χ0) is 12.1. The number of nitrogen functional groups attached to an aromatic ring is 1. The Morgan fingerprint density at radius 2 is 2.06 bits per heavy atom. The van der Waals surface area contributed by atoms with Crippen LogP contribution in [0.25, 0.3) is 5.57 Å². The average Bonchev–Trinajstić information content (AvgIpc) is 2.25. The van der Waals surface area contributed by atoms with Gasteiger partial charge in [0.05, 0.1) is 5.69 Å². The van der Waals surface area contributed by atoms with Crippen LogP contribution in [-0.4, -0.2) is 10.7 Å². The molecule has 1 aromatic heterocycles. The van der Waals surface area contributed by atoms with Crippen molar-refractivity contribution < 1.29 is 0 Å². The topological polar surface area (TPSA) is 51.3 Å². The van der Waals surface area contributed by atoms with Crippen molar-refractivity contribution in [2.24, 2.45) is 10.9 Å². The van der Waals surface area contributed by atoms with Gasteiger partial charge in [-0.15, -0.1) is 0 Å². The second kappa shape index (κ2) is 5.45. The van der Waals surface area contributed by atoms with Crippen molar-refractivity contribution in [3.63, 3.8) is 0 Å². The molecule has 0 unspecified atom stereocenters. The van der Waals surface area contributed by atoms with Crippen molar-refractivity contribution in [1.82, 2.24) is 4.98 Å². The number of rotatable bonds is 3. The van der Waals surface area contributed by atoms with E-state index in [1.54, 1.807) is 6.07 Å². The highest BCUT2D eigenvalue weighted by Crippen LogP contribution is 2.12. The van der Waals surface area contributed by atoms with Gasteiger partial charge in [-0.2, -0.15) is 0 Å². The van der Waals surface area contributed by atoms with Crippen LogP contribution in [-0.2, 0) is 0 Å². The molecule has 0 amide bonds. The molecule has 1 heterocycles. The van der Waals surface area contributed by atoms with Crippen LogP contribution < -0.4 is 5.73 Å². The predicted molar refractivity (Wildman–Crippen MR) is 70.2 cm³/mol. The summed E-state index contributed by atoms with van der Waals surface area (Å²) in [5.74, 6) is 1.01. The van der Waals surface area contributed by atoms with Gasteiger partial charge in [-0.25, -0.2) is 4.98 Å². The number of aromatic nitrogens is 1. The summed E-state index contributed by atoms with van der Waals surface area (Å²) >= 11 is 0. The van der Waals surface area contributed by atoms with Gasteiger partial charge in [0.1, 0.15) is 5.82 Å². The molecule has 0 aromatic carbocycles. The minimum Gasteiger partial charge on any atom is -0.384 e. The van der Waals surface area contributed by atoms with Crippen LogP contribution in [0.1, 0.15) is 33.4 Å². The highest BCUT2D eigenvalue weighted by molar-refractivity contribution is 5.84. The lowest BCUT2D eigenvalue weighted by atomic mass is 10.1. The second-order valence-electron chi connectivity index (χ2n) is 4.18. The molecule has 86 valence electrons. The molecule has 0 bridgehead atoms. The Morgan fingerprint density at radius 1 is 1.38 bits per heavy atom. The first-order chi connectivity index (χ1) is 7.50. The lowest BCUT2D eigenvalue weighted by molar-refractivity contribution is 0.878. The van der Waals surface area contributed by atoms with Gasteiger partial charge in [-0.3, -0.25) is 4.99 Å². The highest BCUT2D eigenvalue weighted by Gasteiger charge is 1.99. The Morgan fingerprint density at radius 3 is 2.62 bits per heavy atom. The van der Waals surface area contributed by atoms with Crippen LogP contribution in [0.3, 0.4) is 0 Å². The smallest absolute Gasteiger partial charge is 0.124 e. The van der Waals surface area contributed by atoms with E-state index in [2.05, 4.69) is 23.8 Å². The molecule has 0 saturated carbocycles. The van der Waals surface area contributed by atoms with Gasteiger partial charge < -0.3 is 5.73 Å². The SMILES string of the molecule is CC(=N/C=C(\C)c1cccc(N)n1)C(C)C. The molecule has 2 N–H and O–H groups in total. The molecule has 0 spiro atoms. The third-order valence-electron chi connectivity index (χ3n) is 2.47. The molecule has 0 saturated heterocycles. The average molecular weight is 217 g/mol. The summed E-state index contributed by atoms with van der Waals surface area (Å²) in [5, 5.41) is 0. The van der Waals surface area contributed by atoms with Crippen LogP contribution in [0, 0.1) is 5.92 Å². The Bertz CT molecular complexity index is 417. The fourth-order valence-electron chi connectivity index (χ4n) is 1.08. The van der Waals surface area contributed by atoms with E-state index in [4.69, 9.17) is 5.73 Å². The molecule has 3 heteroatoms. The fourth-order valence-corrected chi connectivity index (χ4v) is 1.08. The summed E-state index contributed by atoms with van der Waals surface area (Å²) in [6, 6.07) is 5.61. The molecular formula is C13H19N3. The molecule has 0 aliphatic rings. The quantitative estimate of drug-likeness (QED) is 0.791. The van der Waals surface area contributed by atoms with E-state index in [9.17, 15) is 0 Å². The molecule has 3 nitrogen and oxygen atoms in total. The maximum atomic E-state index is 5.63. The number of anilines is 1. The third-order valence-corrected chi connectivity index (χ3v) is 2.47. The Balaban J connectivity index is 2.90. The van der Waals surface area contributed by atoms with E-state index in [1.165, 1.54) is 0 Å². The standard InChI is InChI=1S/C13H19N3/c1-9(2)11(4)15-8-10(3)12-6-5-7-13(14)16-12/h5-9H,1-4H3,(H2,14,16)/b10-8+,15-11?. The predicted octanol–water partition coefficient (Wildman–Crippen LogP) is 3.14. The minimum absolute atomic E-state index is 0.470. The monoisotopic (exact) mass is 217 g/mol. The number of hydrogen-bond acceptors (Lipinski definition) is 3. The van der Waals surface area contributed by atoms with Crippen molar-refractivity contribution in [2.45, 2.75) is 27.7 Å². The van der Waals surface area contributed by atoms with Crippen molar-refractivity contribution in [2.75, 3.05) is 5.73 Å². The van der Waals surface area contributed by atoms with E-state index in [0.717, 1.165) is 17.0 Å². The van der Waals surface area contributed by atoms with Gasteiger partial charge in [0.25, 0.3) is 0 Å². The van der Waals surface area contributed by atoms with Gasteiger partial charge >= 0.3 is 0 Å². The molecule has 1 aromatic rings. The van der Waals surface area contributed by atoms with Gasteiger partial charge in [0, 0.05) is 11.9 Å². The summed E-state index contributed by atoms with van der Waals surface area (Å²) in [6.07, 6.45) is 1.84. The van der Waals surface area contributed by atoms with E-state index in [0.29, 0.717) is 11.7 Å². The van der Waals surface area contributed by atoms with Crippen LogP contribution >= 0.6 is 0 Å². The van der Waals surface area contributed by atoms with E-state index >= 15 is 0 Å². The summed E-state index contributed by atoms with van der Waals surface area (Å²) in [4.78, 5) is 8.64. The summed E-state index contributed by atoms with van der Waals surface area (Å²) < 4.78 is 0. The molecule has 1 rings (SSSR count). The van der Waals surface area contributed by atoms with Crippen LogP contribution in [0.4, 0.5) is 5.82 Å². The lowest BCUT2D eigenvalue weighted by Gasteiger charge is -2.03. The van der Waals surface area contributed by atoms with Crippen molar-refractivity contribution in [1.29, 1.82) is 0 Å². The third kappa shape index (κ3) is 3.50. The highest BCUT2D eigenvalue weighted by atomic mass is 14.8. The Labute approximate surface area is 97.1 Å². The maximum Gasteiger partial charge on any atom is 0.124 e. The van der Waals surface area contributed by atoms with Gasteiger partial charge in [-0.05, 0) is 37.5 Å². The largest absolute Gasteiger partial charge is 0.384 e. The zero-order valence-corrected chi connectivity index (χ0v) is 10.4. The van der Waals surface area contributed by atoms with E-state index in [-0.39, 0.29) is 0 Å². The van der Waals surface area contributed by atoms with E-state index < -0.39 is 0 Å². The van der Waals surface area contributed by atoms with Crippen molar-refractivity contribution in [3.05, 3.63) is 30.1 Å². The van der Waals surface area contributed by atoms with Gasteiger partial charge in [0.15, 0.2) is 0 Å². The fraction of sp³-hybridized carbons (Fsp3) is 0.385. The number of allylic oxidation sites excluding steroid dienone is 1. The Hall–Kier alpha value is -1.64. The second-order valence-corrected chi connectivity index (χ2v) is 4.18. The van der Waals surface area contributed by atoms with Crippen LogP contribution in [0.15, 0.2) is 29.4 Å². The lowest BCUT2D eigenvalue weighted by Crippen LogP contribution is -2.00. The molecule has 16 heavy (non-hydrogen) atoms. The number of nitrogens with zero attached hydrogens (tertiary/aromatic N) is 2. The van der Waals surface area contributed by atoms with Crippen molar-refractivity contribution in [3.8, 4) is 0 Å². The summed E-state index contributed by atoms with van der Waals surface area (Å²) in [7, 11) is 0. The first kappa shape index (κ1) is 12.4.